The first-order valence-electron chi connectivity index (χ1n) is 7.16. The predicted octanol–water partition coefficient (Wildman–Crippen LogP) is 3.45. The van der Waals surface area contributed by atoms with E-state index in [0.717, 1.165) is 10.9 Å². The summed E-state index contributed by atoms with van der Waals surface area (Å²) in [5.41, 5.74) is 2.57. The zero-order chi connectivity index (χ0) is 16.2. The minimum atomic E-state index is -0.219. The molecular formula is C18H15N3O2. The van der Waals surface area contributed by atoms with E-state index in [9.17, 15) is 9.59 Å². The van der Waals surface area contributed by atoms with Gasteiger partial charge in [-0.25, -0.2) is 0 Å². The molecule has 1 aromatic heterocycles. The molecule has 114 valence electrons. The molecule has 0 aliphatic rings. The molecule has 0 atom stereocenters. The quantitative estimate of drug-likeness (QED) is 0.778. The Kier molecular flexibility index (Phi) is 4.01. The van der Waals surface area contributed by atoms with Gasteiger partial charge in [0.2, 0.25) is 5.91 Å². The maximum atomic E-state index is 12.5. The first-order chi connectivity index (χ1) is 11.1. The Bertz CT molecular complexity index is 885. The van der Waals surface area contributed by atoms with E-state index in [0.29, 0.717) is 16.9 Å². The summed E-state index contributed by atoms with van der Waals surface area (Å²) < 4.78 is 0. The van der Waals surface area contributed by atoms with Crippen molar-refractivity contribution >= 4 is 34.1 Å². The van der Waals surface area contributed by atoms with Gasteiger partial charge in [0, 0.05) is 35.4 Å². The lowest BCUT2D eigenvalue weighted by molar-refractivity contribution is -0.114. The number of hydrogen-bond donors (Lipinski definition) is 2. The number of carbonyl (C=O) groups is 2. The number of fused-ring (bicyclic) bond motifs is 1. The number of aromatic nitrogens is 1. The molecule has 0 spiro atoms. The first kappa shape index (κ1) is 14.7. The fraction of sp³-hybridized carbons (Fsp3) is 0.0556. The van der Waals surface area contributed by atoms with Gasteiger partial charge < -0.3 is 10.6 Å². The molecule has 0 fully saturated rings. The van der Waals surface area contributed by atoms with Gasteiger partial charge in [-0.3, -0.25) is 14.6 Å². The van der Waals surface area contributed by atoms with Crippen LogP contribution in [0.1, 0.15) is 17.3 Å². The van der Waals surface area contributed by atoms with E-state index in [1.54, 1.807) is 48.7 Å². The summed E-state index contributed by atoms with van der Waals surface area (Å²) in [4.78, 5) is 27.9. The number of nitrogens with one attached hydrogen (secondary N) is 2. The van der Waals surface area contributed by atoms with E-state index in [-0.39, 0.29) is 11.8 Å². The zero-order valence-electron chi connectivity index (χ0n) is 12.5. The van der Waals surface area contributed by atoms with Crippen molar-refractivity contribution < 1.29 is 9.59 Å². The van der Waals surface area contributed by atoms with Gasteiger partial charge in [-0.15, -0.1) is 0 Å². The third-order valence-electron chi connectivity index (χ3n) is 3.33. The number of carbonyl (C=O) groups excluding carboxylic acids is 2. The lowest BCUT2D eigenvalue weighted by Crippen LogP contribution is -2.13. The molecule has 0 unspecified atom stereocenters. The lowest BCUT2D eigenvalue weighted by atomic mass is 10.1. The fourth-order valence-electron chi connectivity index (χ4n) is 2.38. The van der Waals surface area contributed by atoms with Crippen LogP contribution in [0.5, 0.6) is 0 Å². The maximum absolute atomic E-state index is 12.5. The Balaban J connectivity index is 1.88. The minimum absolute atomic E-state index is 0.159. The molecule has 1 heterocycles. The molecule has 0 saturated heterocycles. The fourth-order valence-corrected chi connectivity index (χ4v) is 2.38. The summed E-state index contributed by atoms with van der Waals surface area (Å²) in [5, 5.41) is 6.33. The number of anilines is 2. The van der Waals surface area contributed by atoms with Crippen molar-refractivity contribution in [2.75, 3.05) is 10.6 Å². The SMILES string of the molecule is CC(=O)Nc1cccc(NC(=O)c2cccc3ncccc23)c1. The number of benzene rings is 2. The van der Waals surface area contributed by atoms with Crippen molar-refractivity contribution in [3.8, 4) is 0 Å². The molecule has 5 heteroatoms. The van der Waals surface area contributed by atoms with E-state index in [2.05, 4.69) is 15.6 Å². The molecule has 0 saturated carbocycles. The number of nitrogens with zero attached hydrogens (tertiary/aromatic N) is 1. The second-order valence-electron chi connectivity index (χ2n) is 5.09. The van der Waals surface area contributed by atoms with Crippen LogP contribution in [-0.4, -0.2) is 16.8 Å². The highest BCUT2D eigenvalue weighted by Gasteiger charge is 2.10. The standard InChI is InChI=1S/C18H15N3O2/c1-12(22)20-13-5-2-6-14(11-13)21-18(23)16-7-3-9-17-15(16)8-4-10-19-17/h2-11H,1H3,(H,20,22)(H,21,23). The minimum Gasteiger partial charge on any atom is -0.326 e. The highest BCUT2D eigenvalue weighted by Crippen LogP contribution is 2.20. The van der Waals surface area contributed by atoms with Gasteiger partial charge in [-0.05, 0) is 36.4 Å². The molecule has 0 aliphatic carbocycles. The van der Waals surface area contributed by atoms with Crippen LogP contribution < -0.4 is 10.6 Å². The summed E-state index contributed by atoms with van der Waals surface area (Å²) >= 11 is 0. The third kappa shape index (κ3) is 3.35. The van der Waals surface area contributed by atoms with Crippen molar-refractivity contribution in [1.82, 2.24) is 4.98 Å². The molecule has 0 bridgehead atoms. The zero-order valence-corrected chi connectivity index (χ0v) is 12.5. The van der Waals surface area contributed by atoms with Crippen molar-refractivity contribution in [1.29, 1.82) is 0 Å². The largest absolute Gasteiger partial charge is 0.326 e. The topological polar surface area (TPSA) is 71.1 Å². The van der Waals surface area contributed by atoms with E-state index >= 15 is 0 Å². The van der Waals surface area contributed by atoms with Crippen LogP contribution in [0.2, 0.25) is 0 Å². The highest BCUT2D eigenvalue weighted by molar-refractivity contribution is 6.12. The van der Waals surface area contributed by atoms with E-state index < -0.39 is 0 Å². The van der Waals surface area contributed by atoms with E-state index in [4.69, 9.17) is 0 Å². The highest BCUT2D eigenvalue weighted by atomic mass is 16.2. The Labute approximate surface area is 133 Å². The molecule has 5 nitrogen and oxygen atoms in total. The molecule has 2 amide bonds. The second-order valence-corrected chi connectivity index (χ2v) is 5.09. The van der Waals surface area contributed by atoms with Crippen LogP contribution in [0.15, 0.2) is 60.8 Å². The Morgan fingerprint density at radius 1 is 0.913 bits per heavy atom. The van der Waals surface area contributed by atoms with Gasteiger partial charge in [-0.1, -0.05) is 18.2 Å². The van der Waals surface area contributed by atoms with Gasteiger partial charge >= 0.3 is 0 Å². The average Bonchev–Trinajstić information content (AvgIpc) is 2.54. The van der Waals surface area contributed by atoms with Crippen LogP contribution in [0, 0.1) is 0 Å². The van der Waals surface area contributed by atoms with Crippen LogP contribution in [0.4, 0.5) is 11.4 Å². The molecular weight excluding hydrogens is 290 g/mol. The van der Waals surface area contributed by atoms with Gasteiger partial charge in [-0.2, -0.15) is 0 Å². The van der Waals surface area contributed by atoms with Crippen LogP contribution >= 0.6 is 0 Å². The van der Waals surface area contributed by atoms with Crippen molar-refractivity contribution in [2.45, 2.75) is 6.92 Å². The molecule has 3 rings (SSSR count). The third-order valence-corrected chi connectivity index (χ3v) is 3.33. The first-order valence-corrected chi connectivity index (χ1v) is 7.16. The number of hydrogen-bond acceptors (Lipinski definition) is 3. The van der Waals surface area contributed by atoms with Crippen molar-refractivity contribution in [3.63, 3.8) is 0 Å². The second kappa shape index (κ2) is 6.27. The number of amides is 2. The monoisotopic (exact) mass is 305 g/mol. The van der Waals surface area contributed by atoms with Gasteiger partial charge in [0.1, 0.15) is 0 Å². The lowest BCUT2D eigenvalue weighted by Gasteiger charge is -2.09. The number of pyridine rings is 1. The van der Waals surface area contributed by atoms with Crippen LogP contribution in [0.25, 0.3) is 10.9 Å². The van der Waals surface area contributed by atoms with Gasteiger partial charge in [0.15, 0.2) is 0 Å². The molecule has 0 aliphatic heterocycles. The molecule has 3 aromatic rings. The normalized spacial score (nSPS) is 10.3. The molecule has 2 aromatic carbocycles. The summed E-state index contributed by atoms with van der Waals surface area (Å²) in [6.45, 7) is 1.44. The smallest absolute Gasteiger partial charge is 0.256 e. The Morgan fingerprint density at radius 3 is 2.43 bits per heavy atom. The Morgan fingerprint density at radius 2 is 1.65 bits per heavy atom. The average molecular weight is 305 g/mol. The van der Waals surface area contributed by atoms with Crippen LogP contribution in [-0.2, 0) is 4.79 Å². The molecule has 23 heavy (non-hydrogen) atoms. The number of rotatable bonds is 3. The molecule has 2 N–H and O–H groups in total. The van der Waals surface area contributed by atoms with Gasteiger partial charge in [0.25, 0.3) is 5.91 Å². The summed E-state index contributed by atoms with van der Waals surface area (Å²) in [6.07, 6.45) is 1.70. The van der Waals surface area contributed by atoms with E-state index in [1.807, 2.05) is 12.1 Å². The molecule has 0 radical (unpaired) electrons. The van der Waals surface area contributed by atoms with E-state index in [1.165, 1.54) is 6.92 Å². The summed E-state index contributed by atoms with van der Waals surface area (Å²) in [6, 6.07) is 16.1. The summed E-state index contributed by atoms with van der Waals surface area (Å²) in [5.74, 6) is -0.378. The van der Waals surface area contributed by atoms with Crippen LogP contribution in [0.3, 0.4) is 0 Å². The predicted molar refractivity (Wildman–Crippen MR) is 90.4 cm³/mol. The van der Waals surface area contributed by atoms with Gasteiger partial charge in [0.05, 0.1) is 5.52 Å². The maximum Gasteiger partial charge on any atom is 0.256 e. The Hall–Kier alpha value is -3.21. The summed E-state index contributed by atoms with van der Waals surface area (Å²) in [7, 11) is 0. The van der Waals surface area contributed by atoms with Crippen molar-refractivity contribution in [3.05, 3.63) is 66.4 Å². The van der Waals surface area contributed by atoms with Crippen molar-refractivity contribution in [2.24, 2.45) is 0 Å².